The summed E-state index contributed by atoms with van der Waals surface area (Å²) in [7, 11) is -1.59. The first kappa shape index (κ1) is 15.2. The number of rotatable bonds is 5. The van der Waals surface area contributed by atoms with Gasteiger partial charge in [0.25, 0.3) is 0 Å². The molecule has 2 aromatic carbocycles. The normalized spacial score (nSPS) is 11.7. The number of carbonyl (C=O) groups excluding carboxylic acids is 1. The minimum atomic E-state index is -1.59. The summed E-state index contributed by atoms with van der Waals surface area (Å²) in [5.74, 6) is -0.641. The fourth-order valence-electron chi connectivity index (χ4n) is 1.68. The van der Waals surface area contributed by atoms with E-state index in [9.17, 15) is 9.00 Å². The number of aryl methyl sites for hydroxylation is 1. The van der Waals surface area contributed by atoms with E-state index in [0.29, 0.717) is 4.90 Å². The second kappa shape index (κ2) is 6.99. The molecule has 21 heavy (non-hydrogen) atoms. The molecule has 0 aliphatic heterocycles. The predicted octanol–water partition coefficient (Wildman–Crippen LogP) is 3.36. The summed E-state index contributed by atoms with van der Waals surface area (Å²) in [5.41, 5.74) is 1.94. The van der Waals surface area contributed by atoms with Crippen LogP contribution in [0.4, 0.5) is 0 Å². The molecular weight excluding hydrogens is 284 g/mol. The van der Waals surface area contributed by atoms with Crippen molar-refractivity contribution >= 4 is 16.8 Å². The standard InChI is InChI=1S/C17H16O3S/c1-13-8-10-16(11-9-13)21(19)14(2)17(18)20-12-15-6-4-3-5-7-15/h3-11H,2,12H2,1H3/t21-/m1/s1. The molecule has 4 heteroatoms. The third-order valence-electron chi connectivity index (χ3n) is 2.90. The van der Waals surface area contributed by atoms with Gasteiger partial charge in [-0.2, -0.15) is 0 Å². The van der Waals surface area contributed by atoms with Crippen LogP contribution in [0, 0.1) is 6.92 Å². The molecule has 0 saturated heterocycles. The number of ether oxygens (including phenoxy) is 1. The molecule has 2 rings (SSSR count). The smallest absolute Gasteiger partial charge is 0.347 e. The highest BCUT2D eigenvalue weighted by Gasteiger charge is 2.17. The number of hydrogen-bond acceptors (Lipinski definition) is 3. The summed E-state index contributed by atoms with van der Waals surface area (Å²) in [4.78, 5) is 12.4. The zero-order valence-corrected chi connectivity index (χ0v) is 12.6. The number of carbonyl (C=O) groups is 1. The van der Waals surface area contributed by atoms with Gasteiger partial charge in [0.15, 0.2) is 0 Å². The SMILES string of the molecule is C=C(C(=O)OCc1ccccc1)[S@@](=O)c1ccc(C)cc1. The fraction of sp³-hybridized carbons (Fsp3) is 0.118. The molecule has 0 N–H and O–H groups in total. The Labute approximate surface area is 126 Å². The molecule has 1 atom stereocenters. The van der Waals surface area contributed by atoms with Gasteiger partial charge in [-0.3, -0.25) is 0 Å². The van der Waals surface area contributed by atoms with Crippen LogP contribution in [-0.2, 0) is 26.9 Å². The second-order valence-electron chi connectivity index (χ2n) is 4.57. The van der Waals surface area contributed by atoms with Crippen molar-refractivity contribution in [2.45, 2.75) is 18.4 Å². The van der Waals surface area contributed by atoms with Crippen LogP contribution < -0.4 is 0 Å². The quantitative estimate of drug-likeness (QED) is 0.628. The maximum absolute atomic E-state index is 12.2. The molecule has 108 valence electrons. The van der Waals surface area contributed by atoms with Crippen molar-refractivity contribution in [1.82, 2.24) is 0 Å². The van der Waals surface area contributed by atoms with Crippen LogP contribution in [0.2, 0.25) is 0 Å². The zero-order chi connectivity index (χ0) is 15.2. The van der Waals surface area contributed by atoms with Crippen LogP contribution in [0.25, 0.3) is 0 Å². The van der Waals surface area contributed by atoms with Gasteiger partial charge in [-0.1, -0.05) is 54.6 Å². The highest BCUT2D eigenvalue weighted by Crippen LogP contribution is 2.15. The van der Waals surface area contributed by atoms with Gasteiger partial charge in [-0.05, 0) is 24.6 Å². The third kappa shape index (κ3) is 4.13. The van der Waals surface area contributed by atoms with E-state index in [2.05, 4.69) is 6.58 Å². The first-order valence-electron chi connectivity index (χ1n) is 6.46. The van der Waals surface area contributed by atoms with Gasteiger partial charge < -0.3 is 4.74 Å². The maximum Gasteiger partial charge on any atom is 0.347 e. The fourth-order valence-corrected chi connectivity index (χ4v) is 2.56. The molecule has 0 aromatic heterocycles. The summed E-state index contributed by atoms with van der Waals surface area (Å²) < 4.78 is 17.3. The maximum atomic E-state index is 12.2. The molecule has 0 aliphatic rings. The lowest BCUT2D eigenvalue weighted by molar-refractivity contribution is -0.139. The number of benzene rings is 2. The van der Waals surface area contributed by atoms with Crippen LogP contribution in [0.15, 0.2) is 71.0 Å². The van der Waals surface area contributed by atoms with E-state index in [1.807, 2.05) is 49.4 Å². The molecule has 0 spiro atoms. The Kier molecular flexibility index (Phi) is 5.06. The van der Waals surface area contributed by atoms with Crippen LogP contribution in [0.5, 0.6) is 0 Å². The van der Waals surface area contributed by atoms with Crippen molar-refractivity contribution in [2.24, 2.45) is 0 Å². The van der Waals surface area contributed by atoms with Crippen molar-refractivity contribution in [3.8, 4) is 0 Å². The Hall–Kier alpha value is -2.20. The van der Waals surface area contributed by atoms with Crippen molar-refractivity contribution in [3.63, 3.8) is 0 Å². The van der Waals surface area contributed by atoms with Crippen molar-refractivity contribution in [2.75, 3.05) is 0 Å². The monoisotopic (exact) mass is 300 g/mol. The van der Waals surface area contributed by atoms with E-state index in [1.165, 1.54) is 0 Å². The molecule has 0 heterocycles. The van der Waals surface area contributed by atoms with Gasteiger partial charge in [0.1, 0.15) is 11.5 Å². The Morgan fingerprint density at radius 2 is 1.71 bits per heavy atom. The third-order valence-corrected chi connectivity index (χ3v) is 4.21. The average molecular weight is 300 g/mol. The number of hydrogen-bond donors (Lipinski definition) is 0. The average Bonchev–Trinajstić information content (AvgIpc) is 2.53. The van der Waals surface area contributed by atoms with Gasteiger partial charge in [-0.25, -0.2) is 9.00 Å². The van der Waals surface area contributed by atoms with Gasteiger partial charge in [0.05, 0.1) is 10.8 Å². The lowest BCUT2D eigenvalue weighted by Crippen LogP contribution is -2.11. The molecule has 0 amide bonds. The van der Waals surface area contributed by atoms with E-state index < -0.39 is 16.8 Å². The first-order chi connectivity index (χ1) is 10.1. The van der Waals surface area contributed by atoms with Crippen LogP contribution in [0.1, 0.15) is 11.1 Å². The predicted molar refractivity (Wildman–Crippen MR) is 83.0 cm³/mol. The molecule has 3 nitrogen and oxygen atoms in total. The van der Waals surface area contributed by atoms with Crippen molar-refractivity contribution in [3.05, 3.63) is 77.2 Å². The molecule has 0 bridgehead atoms. The highest BCUT2D eigenvalue weighted by molar-refractivity contribution is 7.90. The summed E-state index contributed by atoms with van der Waals surface area (Å²) in [6.07, 6.45) is 0. The highest BCUT2D eigenvalue weighted by atomic mass is 32.2. The topological polar surface area (TPSA) is 43.4 Å². The molecule has 0 aliphatic carbocycles. The van der Waals surface area contributed by atoms with Crippen molar-refractivity contribution < 1.29 is 13.7 Å². The van der Waals surface area contributed by atoms with Gasteiger partial charge in [-0.15, -0.1) is 0 Å². The van der Waals surface area contributed by atoms with Crippen molar-refractivity contribution in [1.29, 1.82) is 0 Å². The molecule has 0 radical (unpaired) electrons. The van der Waals surface area contributed by atoms with E-state index in [4.69, 9.17) is 4.74 Å². The Morgan fingerprint density at radius 3 is 2.33 bits per heavy atom. The summed E-state index contributed by atoms with van der Waals surface area (Å²) >= 11 is 0. The molecular formula is C17H16O3S. The summed E-state index contributed by atoms with van der Waals surface area (Å²) in [6, 6.07) is 16.5. The first-order valence-corrected chi connectivity index (χ1v) is 7.61. The Morgan fingerprint density at radius 1 is 1.10 bits per heavy atom. The summed E-state index contributed by atoms with van der Waals surface area (Å²) in [6.45, 7) is 5.67. The minimum absolute atomic E-state index is 0.0465. The lowest BCUT2D eigenvalue weighted by atomic mass is 10.2. The summed E-state index contributed by atoms with van der Waals surface area (Å²) in [5, 5.41) is 0. The van der Waals surface area contributed by atoms with E-state index in [0.717, 1.165) is 11.1 Å². The Balaban J connectivity index is 1.97. The largest absolute Gasteiger partial charge is 0.457 e. The Bertz CT molecular complexity index is 660. The second-order valence-corrected chi connectivity index (χ2v) is 6.07. The lowest BCUT2D eigenvalue weighted by Gasteiger charge is -2.07. The molecule has 0 fully saturated rings. The molecule has 0 saturated carbocycles. The van der Waals surface area contributed by atoms with Crippen LogP contribution >= 0.6 is 0 Å². The number of esters is 1. The molecule has 0 unspecified atom stereocenters. The van der Waals surface area contributed by atoms with E-state index >= 15 is 0 Å². The van der Waals surface area contributed by atoms with E-state index in [-0.39, 0.29) is 11.5 Å². The zero-order valence-electron chi connectivity index (χ0n) is 11.7. The van der Waals surface area contributed by atoms with Gasteiger partial charge in [0.2, 0.25) is 0 Å². The van der Waals surface area contributed by atoms with Gasteiger partial charge in [0, 0.05) is 4.90 Å². The minimum Gasteiger partial charge on any atom is -0.457 e. The molecule has 2 aromatic rings. The van der Waals surface area contributed by atoms with E-state index in [1.54, 1.807) is 12.1 Å². The van der Waals surface area contributed by atoms with Crippen LogP contribution in [0.3, 0.4) is 0 Å². The van der Waals surface area contributed by atoms with Gasteiger partial charge >= 0.3 is 5.97 Å². The van der Waals surface area contributed by atoms with Crippen LogP contribution in [-0.4, -0.2) is 10.2 Å².